The average Bonchev–Trinajstić information content (AvgIpc) is 3.04. The molecule has 24 heavy (non-hydrogen) atoms. The molecule has 2 aromatic carbocycles. The van der Waals surface area contributed by atoms with Crippen LogP contribution in [0.15, 0.2) is 76.2 Å². The third-order valence-electron chi connectivity index (χ3n) is 2.75. The molecule has 0 aliphatic heterocycles. The summed E-state index contributed by atoms with van der Waals surface area (Å²) in [5.41, 5.74) is 0.956. The summed E-state index contributed by atoms with van der Waals surface area (Å²) < 4.78 is 31.4. The molecule has 0 unspecified atom stereocenters. The van der Waals surface area contributed by atoms with Crippen LogP contribution in [0.4, 0.5) is 0 Å². The van der Waals surface area contributed by atoms with E-state index >= 15 is 0 Å². The van der Waals surface area contributed by atoms with E-state index in [1.54, 1.807) is 12.3 Å². The first-order valence-electron chi connectivity index (χ1n) is 6.59. The number of aliphatic carboxylic acids is 1. The number of carbonyl (C=O) groups is 2. The van der Waals surface area contributed by atoms with Crippen LogP contribution in [0.5, 0.6) is 0 Å². The van der Waals surface area contributed by atoms with Crippen molar-refractivity contribution in [2.24, 2.45) is 0 Å². The molecule has 1 heterocycles. The highest BCUT2D eigenvalue weighted by Gasteiger charge is 2.24. The molecule has 0 radical (unpaired) electrons. The highest BCUT2D eigenvalue weighted by Crippen LogP contribution is 2.13. The Morgan fingerprint density at radius 2 is 1.54 bits per heavy atom. The van der Waals surface area contributed by atoms with Gasteiger partial charge in [-0.2, -0.15) is 8.42 Å². The molecule has 0 saturated carbocycles. The van der Waals surface area contributed by atoms with Crippen LogP contribution in [0, 0.1) is 0 Å². The maximum absolute atomic E-state index is 11.2. The van der Waals surface area contributed by atoms with Crippen molar-refractivity contribution in [3.8, 4) is 0 Å². The van der Waals surface area contributed by atoms with Crippen molar-refractivity contribution >= 4 is 33.0 Å². The van der Waals surface area contributed by atoms with Crippen LogP contribution in [-0.2, 0) is 23.9 Å². The monoisotopic (exact) mass is 348 g/mol. The van der Waals surface area contributed by atoms with Gasteiger partial charge in [-0.05, 0) is 24.3 Å². The van der Waals surface area contributed by atoms with Crippen molar-refractivity contribution < 1.29 is 31.7 Å². The molecule has 0 aliphatic rings. The van der Waals surface area contributed by atoms with Crippen LogP contribution in [0.3, 0.4) is 0 Å². The Morgan fingerprint density at radius 3 is 2.17 bits per heavy atom. The molecule has 0 amide bonds. The molecule has 3 aromatic rings. The molecule has 0 fully saturated rings. The Balaban J connectivity index is 0.000000194. The van der Waals surface area contributed by atoms with Crippen LogP contribution in [0.25, 0.3) is 11.0 Å². The fraction of sp³-hybridized carbons (Fsp3) is 0. The number of fused-ring (bicyclic) bond motifs is 1. The molecule has 8 heteroatoms. The third kappa shape index (κ3) is 4.43. The van der Waals surface area contributed by atoms with E-state index in [2.05, 4.69) is 4.18 Å². The van der Waals surface area contributed by atoms with Gasteiger partial charge in [0.15, 0.2) is 0 Å². The van der Waals surface area contributed by atoms with Crippen molar-refractivity contribution in [1.29, 1.82) is 0 Å². The number of carboxylic acids is 1. The molecule has 1 N–H and O–H groups in total. The third-order valence-corrected chi connectivity index (χ3v) is 3.97. The predicted octanol–water partition coefficient (Wildman–Crippen LogP) is 2.44. The minimum atomic E-state index is -4.33. The van der Waals surface area contributed by atoms with E-state index in [4.69, 9.17) is 9.52 Å². The SMILES string of the molecule is O=C(O)C(=O)OS(=O)(=O)c1ccccc1.c1ccc2occc2c1. The Hall–Kier alpha value is -3.13. The Morgan fingerprint density at radius 1 is 0.917 bits per heavy atom. The van der Waals surface area contributed by atoms with Crippen molar-refractivity contribution in [1.82, 2.24) is 0 Å². The van der Waals surface area contributed by atoms with Crippen molar-refractivity contribution in [2.75, 3.05) is 0 Å². The van der Waals surface area contributed by atoms with Crippen molar-refractivity contribution in [3.05, 3.63) is 66.9 Å². The summed E-state index contributed by atoms with van der Waals surface area (Å²) in [7, 11) is -4.33. The highest BCUT2D eigenvalue weighted by molar-refractivity contribution is 7.87. The number of hydrogen-bond donors (Lipinski definition) is 1. The minimum absolute atomic E-state index is 0.278. The molecule has 0 spiro atoms. The smallest absolute Gasteiger partial charge is 0.432 e. The molecular formula is C16H12O7S. The standard InChI is InChI=1S/C8H6O6S.C8H6O/c9-7(10)8(11)14-15(12,13)6-4-2-1-3-5-6;1-2-4-8-7(3-1)5-6-9-8/h1-5H,(H,9,10);1-6H. The van der Waals surface area contributed by atoms with Gasteiger partial charge in [-0.3, -0.25) is 0 Å². The van der Waals surface area contributed by atoms with Gasteiger partial charge in [0.1, 0.15) is 10.5 Å². The second-order valence-corrected chi connectivity index (χ2v) is 5.95. The second-order valence-electron chi connectivity index (χ2n) is 4.40. The summed E-state index contributed by atoms with van der Waals surface area (Å²) in [6, 6.07) is 16.7. The van der Waals surface area contributed by atoms with Gasteiger partial charge in [0, 0.05) is 5.39 Å². The second kappa shape index (κ2) is 7.42. The molecular weight excluding hydrogens is 336 g/mol. The zero-order valence-corrected chi connectivity index (χ0v) is 13.0. The summed E-state index contributed by atoms with van der Waals surface area (Å²) in [5, 5.41) is 9.32. The van der Waals surface area contributed by atoms with E-state index in [1.807, 2.05) is 30.3 Å². The maximum atomic E-state index is 11.2. The van der Waals surface area contributed by atoms with Crippen molar-refractivity contribution in [3.63, 3.8) is 0 Å². The molecule has 1 aromatic heterocycles. The summed E-state index contributed by atoms with van der Waals surface area (Å²) in [4.78, 5) is 20.3. The Bertz CT molecular complexity index is 912. The topological polar surface area (TPSA) is 111 Å². The first-order valence-corrected chi connectivity index (χ1v) is 8.00. The summed E-state index contributed by atoms with van der Waals surface area (Å²) in [6.45, 7) is 0. The fourth-order valence-electron chi connectivity index (χ4n) is 1.68. The number of hydrogen-bond acceptors (Lipinski definition) is 6. The summed E-state index contributed by atoms with van der Waals surface area (Å²) >= 11 is 0. The number of furan rings is 1. The lowest BCUT2D eigenvalue weighted by molar-refractivity contribution is -0.157. The zero-order chi connectivity index (χ0) is 17.6. The Kier molecular flexibility index (Phi) is 5.33. The van der Waals surface area contributed by atoms with E-state index in [-0.39, 0.29) is 4.90 Å². The summed E-state index contributed by atoms with van der Waals surface area (Å²) in [6.07, 6.45) is 1.70. The fourth-order valence-corrected chi connectivity index (χ4v) is 2.53. The van der Waals surface area contributed by atoms with Gasteiger partial charge >= 0.3 is 22.1 Å². The van der Waals surface area contributed by atoms with E-state index < -0.39 is 22.1 Å². The largest absolute Gasteiger partial charge is 0.473 e. The molecule has 0 saturated heterocycles. The lowest BCUT2D eigenvalue weighted by Crippen LogP contribution is -2.20. The van der Waals surface area contributed by atoms with Gasteiger partial charge < -0.3 is 13.7 Å². The van der Waals surface area contributed by atoms with E-state index in [1.165, 1.54) is 24.3 Å². The number of para-hydroxylation sites is 1. The highest BCUT2D eigenvalue weighted by atomic mass is 32.2. The molecule has 0 bridgehead atoms. The molecule has 3 rings (SSSR count). The predicted molar refractivity (Wildman–Crippen MR) is 83.6 cm³/mol. The van der Waals surface area contributed by atoms with Gasteiger partial charge in [-0.1, -0.05) is 36.4 Å². The average molecular weight is 348 g/mol. The number of carbonyl (C=O) groups excluding carboxylic acids is 1. The van der Waals surface area contributed by atoms with Crippen LogP contribution in [0.1, 0.15) is 0 Å². The van der Waals surface area contributed by atoms with Gasteiger partial charge in [0.2, 0.25) is 0 Å². The first kappa shape index (κ1) is 17.2. The molecule has 124 valence electrons. The van der Waals surface area contributed by atoms with E-state index in [0.29, 0.717) is 0 Å². The molecule has 7 nitrogen and oxygen atoms in total. The summed E-state index contributed by atoms with van der Waals surface area (Å²) in [5.74, 6) is -3.80. The number of rotatable bonds is 2. The minimum Gasteiger partial charge on any atom is -0.473 e. The lowest BCUT2D eigenvalue weighted by atomic mass is 10.3. The van der Waals surface area contributed by atoms with Gasteiger partial charge in [-0.25, -0.2) is 9.59 Å². The molecule has 0 aliphatic carbocycles. The van der Waals surface area contributed by atoms with Gasteiger partial charge in [0.25, 0.3) is 0 Å². The Labute approximate surface area is 137 Å². The zero-order valence-electron chi connectivity index (χ0n) is 12.2. The normalized spacial score (nSPS) is 10.5. The van der Waals surface area contributed by atoms with Crippen LogP contribution >= 0.6 is 0 Å². The lowest BCUT2D eigenvalue weighted by Gasteiger charge is -2.01. The van der Waals surface area contributed by atoms with Crippen LogP contribution < -0.4 is 0 Å². The van der Waals surface area contributed by atoms with Gasteiger partial charge in [-0.15, -0.1) is 0 Å². The number of carboxylic acid groups (broad SMARTS) is 1. The van der Waals surface area contributed by atoms with Gasteiger partial charge in [0.05, 0.1) is 6.26 Å². The van der Waals surface area contributed by atoms with Crippen LogP contribution in [0.2, 0.25) is 0 Å². The molecule has 0 atom stereocenters. The maximum Gasteiger partial charge on any atom is 0.432 e. The van der Waals surface area contributed by atoms with Crippen molar-refractivity contribution in [2.45, 2.75) is 4.90 Å². The quantitative estimate of drug-likeness (QED) is 0.559. The number of benzene rings is 2. The first-order chi connectivity index (χ1) is 11.4. The van der Waals surface area contributed by atoms with E-state index in [0.717, 1.165) is 11.0 Å². The van der Waals surface area contributed by atoms with Crippen LogP contribution in [-0.4, -0.2) is 25.5 Å². The van der Waals surface area contributed by atoms with E-state index in [9.17, 15) is 18.0 Å².